The zero-order valence-corrected chi connectivity index (χ0v) is 20.7. The van der Waals surface area contributed by atoms with Crippen molar-refractivity contribution in [1.82, 2.24) is 10.6 Å². The van der Waals surface area contributed by atoms with Crippen LogP contribution in [0.2, 0.25) is 0 Å². The lowest BCUT2D eigenvalue weighted by molar-refractivity contribution is -0.121. The van der Waals surface area contributed by atoms with E-state index in [1.165, 1.54) is 16.7 Å². The monoisotopic (exact) mass is 484 g/mol. The highest BCUT2D eigenvalue weighted by molar-refractivity contribution is 8.00. The van der Waals surface area contributed by atoms with Gasteiger partial charge in [0.1, 0.15) is 0 Å². The number of carbonyl (C=O) groups excluding carboxylic acids is 2. The van der Waals surface area contributed by atoms with Gasteiger partial charge in [-0.15, -0.1) is 18.2 Å². The van der Waals surface area contributed by atoms with Crippen LogP contribution < -0.4 is 10.6 Å². The summed E-state index contributed by atoms with van der Waals surface area (Å²) in [6.07, 6.45) is 7.44. The molecule has 5 heteroatoms. The van der Waals surface area contributed by atoms with E-state index in [-0.39, 0.29) is 18.4 Å². The fraction of sp³-hybridized carbons (Fsp3) is 0.267. The Kier molecular flexibility index (Phi) is 10.5. The molecular formula is C30H32N2O2S. The molecule has 3 aromatic carbocycles. The van der Waals surface area contributed by atoms with E-state index in [2.05, 4.69) is 89.4 Å². The van der Waals surface area contributed by atoms with Crippen LogP contribution in [0.15, 0.2) is 91.0 Å². The molecule has 0 aromatic heterocycles. The average molecular weight is 485 g/mol. The molecule has 0 aliphatic rings. The van der Waals surface area contributed by atoms with E-state index < -0.39 is 4.75 Å². The maximum atomic E-state index is 12.6. The molecule has 2 N–H and O–H groups in total. The summed E-state index contributed by atoms with van der Waals surface area (Å²) in [6, 6.07) is 31.4. The Morgan fingerprint density at radius 3 is 1.69 bits per heavy atom. The molecule has 3 aromatic rings. The van der Waals surface area contributed by atoms with Crippen LogP contribution in [0.1, 0.15) is 42.4 Å². The highest BCUT2D eigenvalue weighted by Crippen LogP contribution is 2.48. The molecule has 3 rings (SSSR count). The van der Waals surface area contributed by atoms with Gasteiger partial charge in [-0.05, 0) is 29.5 Å². The van der Waals surface area contributed by atoms with Gasteiger partial charge in [0.2, 0.25) is 11.8 Å². The van der Waals surface area contributed by atoms with Crippen LogP contribution in [0.3, 0.4) is 0 Å². The first-order valence-corrected chi connectivity index (χ1v) is 12.9. The lowest BCUT2D eigenvalue weighted by Gasteiger charge is -2.35. The van der Waals surface area contributed by atoms with Crippen LogP contribution in [0.5, 0.6) is 0 Å². The summed E-state index contributed by atoms with van der Waals surface area (Å²) in [5.74, 6) is 3.03. The van der Waals surface area contributed by atoms with Crippen molar-refractivity contribution in [2.45, 2.75) is 30.4 Å². The number of amides is 2. The van der Waals surface area contributed by atoms with Gasteiger partial charge in [-0.3, -0.25) is 9.59 Å². The second kappa shape index (κ2) is 14.0. The second-order valence-electron chi connectivity index (χ2n) is 8.17. The molecule has 0 aliphatic carbocycles. The second-order valence-corrected chi connectivity index (χ2v) is 9.47. The van der Waals surface area contributed by atoms with Gasteiger partial charge in [0.25, 0.3) is 0 Å². The molecule has 0 radical (unpaired) electrons. The van der Waals surface area contributed by atoms with Crippen LogP contribution in [0.4, 0.5) is 0 Å². The number of terminal acetylenes is 1. The fourth-order valence-electron chi connectivity index (χ4n) is 4.03. The third-order valence-corrected chi connectivity index (χ3v) is 7.28. The molecule has 0 heterocycles. The molecule has 0 saturated heterocycles. The Balaban J connectivity index is 1.64. The van der Waals surface area contributed by atoms with E-state index in [9.17, 15) is 9.59 Å². The largest absolute Gasteiger partial charge is 0.356 e. The van der Waals surface area contributed by atoms with Gasteiger partial charge in [-0.1, -0.05) is 96.9 Å². The first kappa shape index (κ1) is 26.1. The minimum atomic E-state index is -0.421. The Morgan fingerprint density at radius 1 is 0.714 bits per heavy atom. The summed E-state index contributed by atoms with van der Waals surface area (Å²) in [6.45, 7) is 0.816. The fourth-order valence-corrected chi connectivity index (χ4v) is 5.53. The van der Waals surface area contributed by atoms with Crippen molar-refractivity contribution in [2.75, 3.05) is 18.8 Å². The van der Waals surface area contributed by atoms with Crippen molar-refractivity contribution in [3.05, 3.63) is 108 Å². The molecule has 0 fully saturated rings. The predicted molar refractivity (Wildman–Crippen MR) is 145 cm³/mol. The first-order valence-electron chi connectivity index (χ1n) is 11.9. The summed E-state index contributed by atoms with van der Waals surface area (Å²) in [5, 5.41) is 5.64. The lowest BCUT2D eigenvalue weighted by Crippen LogP contribution is -2.28. The number of thioether (sulfide) groups is 1. The van der Waals surface area contributed by atoms with Crippen molar-refractivity contribution >= 4 is 23.6 Å². The number of benzene rings is 3. The molecule has 0 unspecified atom stereocenters. The van der Waals surface area contributed by atoms with Crippen molar-refractivity contribution in [3.8, 4) is 12.3 Å². The van der Waals surface area contributed by atoms with E-state index in [1.807, 2.05) is 18.2 Å². The first-order chi connectivity index (χ1) is 17.2. The highest BCUT2D eigenvalue weighted by Gasteiger charge is 2.36. The van der Waals surface area contributed by atoms with Gasteiger partial charge in [0.15, 0.2) is 0 Å². The van der Waals surface area contributed by atoms with Gasteiger partial charge < -0.3 is 10.6 Å². The van der Waals surface area contributed by atoms with Gasteiger partial charge in [0, 0.05) is 25.1 Å². The van der Waals surface area contributed by atoms with Crippen LogP contribution in [0, 0.1) is 12.3 Å². The summed E-state index contributed by atoms with van der Waals surface area (Å²) < 4.78 is -0.421. The normalized spacial score (nSPS) is 10.8. The Morgan fingerprint density at radius 2 is 1.20 bits per heavy atom. The van der Waals surface area contributed by atoms with E-state index >= 15 is 0 Å². The van der Waals surface area contributed by atoms with Crippen molar-refractivity contribution < 1.29 is 9.59 Å². The molecule has 2 amide bonds. The molecule has 0 spiro atoms. The summed E-state index contributed by atoms with van der Waals surface area (Å²) in [4.78, 5) is 24.1. The highest BCUT2D eigenvalue weighted by atomic mass is 32.2. The van der Waals surface area contributed by atoms with Gasteiger partial charge in [0.05, 0.1) is 11.3 Å². The Bertz CT molecular complexity index is 999. The Labute approximate surface area is 212 Å². The molecule has 180 valence electrons. The SMILES string of the molecule is C#CCNC(=O)CCCCNC(=O)CCSC(c1ccccc1)(c1ccccc1)c1ccccc1. The van der Waals surface area contributed by atoms with Crippen LogP contribution >= 0.6 is 11.8 Å². The maximum Gasteiger partial charge on any atom is 0.220 e. The molecule has 0 atom stereocenters. The summed E-state index contributed by atoms with van der Waals surface area (Å²) in [7, 11) is 0. The van der Waals surface area contributed by atoms with Crippen LogP contribution in [0.25, 0.3) is 0 Å². The smallest absolute Gasteiger partial charge is 0.220 e. The van der Waals surface area contributed by atoms with Crippen molar-refractivity contribution in [3.63, 3.8) is 0 Å². The van der Waals surface area contributed by atoms with E-state index in [0.717, 1.165) is 6.42 Å². The lowest BCUT2D eigenvalue weighted by atomic mass is 9.84. The summed E-state index contributed by atoms with van der Waals surface area (Å²) in [5.41, 5.74) is 3.56. The average Bonchev–Trinajstić information content (AvgIpc) is 2.91. The van der Waals surface area contributed by atoms with Gasteiger partial charge >= 0.3 is 0 Å². The van der Waals surface area contributed by atoms with Gasteiger partial charge in [-0.25, -0.2) is 0 Å². The van der Waals surface area contributed by atoms with Crippen molar-refractivity contribution in [2.24, 2.45) is 0 Å². The summed E-state index contributed by atoms with van der Waals surface area (Å²) >= 11 is 1.78. The maximum absolute atomic E-state index is 12.6. The minimum Gasteiger partial charge on any atom is -0.356 e. The predicted octanol–water partition coefficient (Wildman–Crippen LogP) is 5.14. The molecule has 0 bridgehead atoms. The number of hydrogen-bond acceptors (Lipinski definition) is 3. The third-order valence-electron chi connectivity index (χ3n) is 5.73. The quantitative estimate of drug-likeness (QED) is 0.201. The molecule has 0 aliphatic heterocycles. The van der Waals surface area contributed by atoms with E-state index in [4.69, 9.17) is 6.42 Å². The topological polar surface area (TPSA) is 58.2 Å². The number of carbonyl (C=O) groups is 2. The number of nitrogens with one attached hydrogen (secondary N) is 2. The minimum absolute atomic E-state index is 0.0253. The van der Waals surface area contributed by atoms with E-state index in [1.54, 1.807) is 11.8 Å². The van der Waals surface area contributed by atoms with Gasteiger partial charge in [-0.2, -0.15) is 0 Å². The Hall–Kier alpha value is -3.49. The standard InChI is InChI=1S/C30H32N2O2S/c1-2-22-31-28(33)20-12-13-23-32-29(34)21-24-35-30(25-14-6-3-7-15-25,26-16-8-4-9-17-26)27-18-10-5-11-19-27/h1,3-11,14-19H,12-13,20-24H2,(H,31,33)(H,32,34). The molecule has 35 heavy (non-hydrogen) atoms. The number of hydrogen-bond donors (Lipinski definition) is 2. The third kappa shape index (κ3) is 7.50. The zero-order chi connectivity index (χ0) is 24.8. The van der Waals surface area contributed by atoms with Crippen LogP contribution in [-0.2, 0) is 14.3 Å². The van der Waals surface area contributed by atoms with Crippen molar-refractivity contribution in [1.29, 1.82) is 0 Å². The zero-order valence-electron chi connectivity index (χ0n) is 19.9. The molecular weight excluding hydrogens is 452 g/mol. The number of rotatable bonds is 13. The van der Waals surface area contributed by atoms with Crippen LogP contribution in [-0.4, -0.2) is 30.7 Å². The van der Waals surface area contributed by atoms with E-state index in [0.29, 0.717) is 31.6 Å². The number of unbranched alkanes of at least 4 members (excludes halogenated alkanes) is 1. The molecule has 4 nitrogen and oxygen atoms in total. The molecule has 0 saturated carbocycles.